The van der Waals surface area contributed by atoms with Crippen LogP contribution in [0.15, 0.2) is 12.2 Å². The first-order chi connectivity index (χ1) is 27.0. The second kappa shape index (κ2) is 43.7. The van der Waals surface area contributed by atoms with Gasteiger partial charge in [-0.2, -0.15) is 0 Å². The Morgan fingerprint density at radius 1 is 0.509 bits per heavy atom. The van der Waals surface area contributed by atoms with Gasteiger partial charge >= 0.3 is 5.97 Å². The summed E-state index contributed by atoms with van der Waals surface area (Å²) in [6.45, 7) is 6.46. The van der Waals surface area contributed by atoms with E-state index < -0.39 is 18.2 Å². The van der Waals surface area contributed by atoms with Gasteiger partial charge in [0.25, 0.3) is 0 Å². The van der Waals surface area contributed by atoms with Crippen LogP contribution in [-0.4, -0.2) is 46.9 Å². The third kappa shape index (κ3) is 39.2. The van der Waals surface area contributed by atoms with Crippen molar-refractivity contribution in [2.75, 3.05) is 6.61 Å². The maximum Gasteiger partial charge on any atom is 0.306 e. The minimum absolute atomic E-state index is 0.0782. The van der Waals surface area contributed by atoms with E-state index in [9.17, 15) is 19.8 Å². The summed E-state index contributed by atoms with van der Waals surface area (Å²) in [4.78, 5) is 26.0. The fraction of sp³-hybridized carbons (Fsp3) is 0.918. The third-order valence-corrected chi connectivity index (χ3v) is 11.3. The lowest BCUT2D eigenvalue weighted by Crippen LogP contribution is -2.46. The summed E-state index contributed by atoms with van der Waals surface area (Å²) in [7, 11) is 0. The van der Waals surface area contributed by atoms with Gasteiger partial charge < -0.3 is 20.3 Å². The summed E-state index contributed by atoms with van der Waals surface area (Å²) in [6, 6.07) is -0.696. The molecule has 0 aromatic rings. The molecule has 0 aliphatic rings. The van der Waals surface area contributed by atoms with Crippen LogP contribution < -0.4 is 5.32 Å². The molecule has 3 unspecified atom stereocenters. The lowest BCUT2D eigenvalue weighted by molar-refractivity contribution is -0.151. The molecule has 55 heavy (non-hydrogen) atoms. The molecular formula is C49H95NO5. The van der Waals surface area contributed by atoms with Crippen LogP contribution in [0.5, 0.6) is 0 Å². The van der Waals surface area contributed by atoms with E-state index in [4.69, 9.17) is 4.74 Å². The number of hydrogen-bond acceptors (Lipinski definition) is 5. The van der Waals surface area contributed by atoms with Crippen molar-refractivity contribution in [1.82, 2.24) is 5.32 Å². The predicted molar refractivity (Wildman–Crippen MR) is 237 cm³/mol. The molecule has 0 saturated heterocycles. The average molecular weight is 778 g/mol. The molecule has 0 saturated carbocycles. The molecular weight excluding hydrogens is 683 g/mol. The monoisotopic (exact) mass is 778 g/mol. The van der Waals surface area contributed by atoms with E-state index in [2.05, 4.69) is 38.2 Å². The molecule has 0 aromatic carbocycles. The van der Waals surface area contributed by atoms with E-state index in [0.29, 0.717) is 19.3 Å². The van der Waals surface area contributed by atoms with Crippen molar-refractivity contribution in [2.45, 2.75) is 283 Å². The molecule has 1 amide bonds. The first-order valence-electron chi connectivity index (χ1n) is 24.4. The summed E-state index contributed by atoms with van der Waals surface area (Å²) in [5.41, 5.74) is 0. The zero-order valence-corrected chi connectivity index (χ0v) is 37.1. The van der Waals surface area contributed by atoms with Crippen molar-refractivity contribution in [2.24, 2.45) is 0 Å². The number of hydrogen-bond donors (Lipinski definition) is 3. The topological polar surface area (TPSA) is 95.9 Å². The fourth-order valence-corrected chi connectivity index (χ4v) is 7.60. The highest BCUT2D eigenvalue weighted by Gasteiger charge is 2.24. The molecule has 0 aliphatic heterocycles. The molecule has 0 radical (unpaired) electrons. The fourth-order valence-electron chi connectivity index (χ4n) is 7.60. The summed E-state index contributed by atoms with van der Waals surface area (Å²) in [6.07, 6.45) is 47.0. The first-order valence-corrected chi connectivity index (χ1v) is 24.4. The van der Waals surface area contributed by atoms with E-state index in [-0.39, 0.29) is 24.9 Å². The summed E-state index contributed by atoms with van der Waals surface area (Å²) >= 11 is 0. The van der Waals surface area contributed by atoms with E-state index >= 15 is 0 Å². The number of esters is 1. The Balaban J connectivity index is 4.57. The lowest BCUT2D eigenvalue weighted by atomic mass is 10.0. The molecule has 3 N–H and O–H groups in total. The molecule has 0 bridgehead atoms. The van der Waals surface area contributed by atoms with Crippen LogP contribution in [0.3, 0.4) is 0 Å². The van der Waals surface area contributed by atoms with Crippen LogP contribution in [-0.2, 0) is 14.3 Å². The van der Waals surface area contributed by atoms with Gasteiger partial charge in [-0.15, -0.1) is 0 Å². The van der Waals surface area contributed by atoms with Gasteiger partial charge in [-0.25, -0.2) is 0 Å². The quantitative estimate of drug-likeness (QED) is 0.0325. The number of ether oxygens (including phenoxy) is 1. The van der Waals surface area contributed by atoms with Crippen molar-refractivity contribution in [3.8, 4) is 0 Å². The Labute approximate surface area is 342 Å². The van der Waals surface area contributed by atoms with Gasteiger partial charge in [-0.1, -0.05) is 213 Å². The van der Waals surface area contributed by atoms with Crippen molar-refractivity contribution >= 4 is 11.9 Å². The molecule has 0 fully saturated rings. The Morgan fingerprint density at radius 3 is 1.29 bits per heavy atom. The zero-order valence-electron chi connectivity index (χ0n) is 37.1. The van der Waals surface area contributed by atoms with Crippen molar-refractivity contribution in [3.05, 3.63) is 12.2 Å². The number of unbranched alkanes of at least 4 members (excludes halogenated alkanes) is 30. The molecule has 0 spiro atoms. The Kier molecular flexibility index (Phi) is 42.6. The Bertz CT molecular complexity index is 832. The van der Waals surface area contributed by atoms with E-state index in [1.54, 1.807) is 0 Å². The number of carbonyl (C=O) groups excluding carboxylic acids is 2. The van der Waals surface area contributed by atoms with Crippen molar-refractivity contribution < 1.29 is 24.5 Å². The van der Waals surface area contributed by atoms with E-state index in [1.165, 1.54) is 161 Å². The number of nitrogens with one attached hydrogen (secondary N) is 1. The molecule has 0 rings (SSSR count). The molecule has 0 aromatic heterocycles. The molecule has 0 heterocycles. The highest BCUT2D eigenvalue weighted by Crippen LogP contribution is 2.18. The van der Waals surface area contributed by atoms with Gasteiger partial charge in [0.15, 0.2) is 0 Å². The van der Waals surface area contributed by atoms with Crippen LogP contribution in [0.25, 0.3) is 0 Å². The average Bonchev–Trinajstić information content (AvgIpc) is 3.18. The number of amides is 1. The smallest absolute Gasteiger partial charge is 0.306 e. The maximum atomic E-state index is 13.1. The van der Waals surface area contributed by atoms with Crippen LogP contribution in [0.4, 0.5) is 0 Å². The van der Waals surface area contributed by atoms with Crippen LogP contribution in [0, 0.1) is 0 Å². The molecule has 6 nitrogen and oxygen atoms in total. The zero-order chi connectivity index (χ0) is 40.3. The lowest BCUT2D eigenvalue weighted by Gasteiger charge is -2.24. The van der Waals surface area contributed by atoms with Crippen LogP contribution in [0.1, 0.15) is 265 Å². The summed E-state index contributed by atoms with van der Waals surface area (Å²) < 4.78 is 5.91. The van der Waals surface area contributed by atoms with Crippen LogP contribution in [0.2, 0.25) is 0 Å². The Hall–Kier alpha value is -1.40. The van der Waals surface area contributed by atoms with Crippen molar-refractivity contribution in [1.29, 1.82) is 0 Å². The highest BCUT2D eigenvalue weighted by atomic mass is 16.5. The Morgan fingerprint density at radius 2 is 0.873 bits per heavy atom. The molecule has 326 valence electrons. The van der Waals surface area contributed by atoms with Gasteiger partial charge in [0, 0.05) is 6.42 Å². The second-order valence-corrected chi connectivity index (χ2v) is 16.9. The largest absolute Gasteiger partial charge is 0.462 e. The van der Waals surface area contributed by atoms with Gasteiger partial charge in [-0.3, -0.25) is 9.59 Å². The molecule has 0 aliphatic carbocycles. The first kappa shape index (κ1) is 53.6. The normalized spacial score (nSPS) is 13.3. The van der Waals surface area contributed by atoms with Gasteiger partial charge in [0.05, 0.1) is 25.2 Å². The summed E-state index contributed by atoms with van der Waals surface area (Å²) in [5, 5.41) is 23.6. The standard InChI is InChI=1S/C49H95NO5/c1-4-7-10-13-16-19-21-23-25-26-29-31-34-37-40-45(55-49(54)42-39-36-33-30-27-24-22-20-17-14-11-8-5-2)43-48(53)50-46(44-51)47(52)41-38-35-32-28-18-15-12-9-6-3/h24,27,45-47,51-52H,4-23,25-26,28-44H2,1-3H3,(H,50,53)/b27-24-. The van der Waals surface area contributed by atoms with Gasteiger partial charge in [-0.05, 0) is 51.4 Å². The SMILES string of the molecule is CCCCCCCC/C=C\CCCCCC(=O)OC(CCCCCCCCCCCCCCCC)CC(=O)NC(CO)C(O)CCCCCCCCCCC. The van der Waals surface area contributed by atoms with E-state index in [1.807, 2.05) is 0 Å². The van der Waals surface area contributed by atoms with Gasteiger partial charge in [0.1, 0.15) is 6.10 Å². The van der Waals surface area contributed by atoms with Gasteiger partial charge in [0.2, 0.25) is 5.91 Å². The third-order valence-electron chi connectivity index (χ3n) is 11.3. The number of allylic oxidation sites excluding steroid dienone is 2. The molecule has 6 heteroatoms. The number of rotatable bonds is 44. The number of carbonyl (C=O) groups is 2. The minimum atomic E-state index is -0.782. The number of aliphatic hydroxyl groups excluding tert-OH is 2. The maximum absolute atomic E-state index is 13.1. The predicted octanol–water partition coefficient (Wildman–Crippen LogP) is 14.2. The number of aliphatic hydroxyl groups is 2. The minimum Gasteiger partial charge on any atom is -0.462 e. The second-order valence-electron chi connectivity index (χ2n) is 16.9. The van der Waals surface area contributed by atoms with E-state index in [0.717, 1.165) is 57.8 Å². The summed E-state index contributed by atoms with van der Waals surface area (Å²) in [5.74, 6) is -0.480. The van der Waals surface area contributed by atoms with Crippen molar-refractivity contribution in [3.63, 3.8) is 0 Å². The van der Waals surface area contributed by atoms with Crippen LogP contribution >= 0.6 is 0 Å². The highest BCUT2D eigenvalue weighted by molar-refractivity contribution is 5.77. The molecule has 3 atom stereocenters.